The number of aliphatic carboxylic acids is 1. The number of hydrogen-bond acceptors (Lipinski definition) is 3. The fourth-order valence-corrected chi connectivity index (χ4v) is 4.03. The number of amides is 2. The summed E-state index contributed by atoms with van der Waals surface area (Å²) in [5, 5.41) is 12.3. The molecule has 2 unspecified atom stereocenters. The molecule has 5 nitrogen and oxygen atoms in total. The van der Waals surface area contributed by atoms with Crippen molar-refractivity contribution in [2.75, 3.05) is 31.1 Å². The van der Waals surface area contributed by atoms with Gasteiger partial charge in [0, 0.05) is 19.6 Å². The highest BCUT2D eigenvalue weighted by Gasteiger charge is 2.44. The molecule has 2 atom stereocenters. The van der Waals surface area contributed by atoms with Crippen LogP contribution in [0, 0.1) is 11.3 Å². The number of thioether (sulfide) groups is 1. The first-order chi connectivity index (χ1) is 9.07. The molecule has 2 heterocycles. The molecule has 0 bridgehead atoms. The summed E-state index contributed by atoms with van der Waals surface area (Å²) in [4.78, 5) is 25.0. The predicted octanol–water partition coefficient (Wildman–Crippen LogP) is 1.64. The zero-order chi connectivity index (χ0) is 13.9. The summed E-state index contributed by atoms with van der Waals surface area (Å²) in [6, 6.07) is -0.103. The van der Waals surface area contributed by atoms with Gasteiger partial charge in [-0.1, -0.05) is 6.92 Å². The van der Waals surface area contributed by atoms with E-state index >= 15 is 0 Å². The Hall–Kier alpha value is -0.910. The van der Waals surface area contributed by atoms with E-state index in [0.29, 0.717) is 38.4 Å². The molecule has 2 amide bonds. The normalized spacial score (nSPS) is 30.6. The van der Waals surface area contributed by atoms with E-state index in [2.05, 4.69) is 5.32 Å². The van der Waals surface area contributed by atoms with Crippen LogP contribution in [-0.4, -0.2) is 53.1 Å². The lowest BCUT2D eigenvalue weighted by molar-refractivity contribution is -0.148. The molecule has 0 aromatic carbocycles. The van der Waals surface area contributed by atoms with E-state index in [0.717, 1.165) is 5.75 Å². The van der Waals surface area contributed by atoms with Crippen molar-refractivity contribution in [1.82, 2.24) is 10.2 Å². The number of nitrogens with one attached hydrogen (secondary N) is 1. The number of likely N-dealkylation sites (tertiary alicyclic amines) is 1. The van der Waals surface area contributed by atoms with Crippen LogP contribution in [0.1, 0.15) is 26.2 Å². The van der Waals surface area contributed by atoms with Gasteiger partial charge in [0.25, 0.3) is 0 Å². The van der Waals surface area contributed by atoms with Gasteiger partial charge < -0.3 is 15.3 Å². The minimum Gasteiger partial charge on any atom is -0.481 e. The topological polar surface area (TPSA) is 69.6 Å². The monoisotopic (exact) mass is 286 g/mol. The first kappa shape index (κ1) is 14.5. The third-order valence-electron chi connectivity index (χ3n) is 4.34. The Morgan fingerprint density at radius 1 is 1.53 bits per heavy atom. The van der Waals surface area contributed by atoms with Gasteiger partial charge in [0.2, 0.25) is 0 Å². The molecule has 2 N–H and O–H groups in total. The van der Waals surface area contributed by atoms with Crippen LogP contribution < -0.4 is 5.32 Å². The van der Waals surface area contributed by atoms with Crippen LogP contribution in [0.25, 0.3) is 0 Å². The molecule has 2 aliphatic heterocycles. The maximum absolute atomic E-state index is 12.0. The van der Waals surface area contributed by atoms with E-state index < -0.39 is 11.4 Å². The van der Waals surface area contributed by atoms with E-state index in [1.165, 1.54) is 12.2 Å². The number of carbonyl (C=O) groups is 2. The van der Waals surface area contributed by atoms with Gasteiger partial charge in [-0.25, -0.2) is 4.79 Å². The zero-order valence-electron chi connectivity index (χ0n) is 11.4. The molecule has 0 saturated carbocycles. The van der Waals surface area contributed by atoms with Crippen molar-refractivity contribution < 1.29 is 14.7 Å². The van der Waals surface area contributed by atoms with Crippen molar-refractivity contribution in [2.45, 2.75) is 26.2 Å². The van der Waals surface area contributed by atoms with E-state index in [1.54, 1.807) is 4.90 Å². The maximum Gasteiger partial charge on any atom is 0.317 e. The van der Waals surface area contributed by atoms with Crippen LogP contribution in [0.5, 0.6) is 0 Å². The maximum atomic E-state index is 12.0. The Morgan fingerprint density at radius 2 is 2.32 bits per heavy atom. The van der Waals surface area contributed by atoms with Gasteiger partial charge in [-0.3, -0.25) is 4.79 Å². The second kappa shape index (κ2) is 6.03. The second-order valence-electron chi connectivity index (χ2n) is 5.53. The lowest BCUT2D eigenvalue weighted by atomic mass is 9.84. The van der Waals surface area contributed by atoms with Crippen LogP contribution in [-0.2, 0) is 4.79 Å². The van der Waals surface area contributed by atoms with Crippen molar-refractivity contribution in [3.05, 3.63) is 0 Å². The van der Waals surface area contributed by atoms with Gasteiger partial charge in [-0.05, 0) is 36.7 Å². The van der Waals surface area contributed by atoms with Gasteiger partial charge >= 0.3 is 12.0 Å². The Morgan fingerprint density at radius 3 is 2.84 bits per heavy atom. The Kier molecular flexibility index (Phi) is 4.60. The average Bonchev–Trinajstić information content (AvgIpc) is 3.05. The van der Waals surface area contributed by atoms with E-state index in [-0.39, 0.29) is 6.03 Å². The molecule has 0 spiro atoms. The quantitative estimate of drug-likeness (QED) is 0.824. The summed E-state index contributed by atoms with van der Waals surface area (Å²) in [7, 11) is 0. The molecule has 0 aromatic rings. The number of carboxylic acid groups (broad SMARTS) is 1. The summed E-state index contributed by atoms with van der Waals surface area (Å²) in [6.45, 7) is 3.48. The standard InChI is InChI=1S/C13H22N2O3S/c1-2-13(11(16)17)4-5-15(9-13)12(18)14-7-10-3-6-19-8-10/h10H,2-9H2,1H3,(H,14,18)(H,16,17). The highest BCUT2D eigenvalue weighted by atomic mass is 32.2. The van der Waals surface area contributed by atoms with Crippen molar-refractivity contribution in [1.29, 1.82) is 0 Å². The Bertz CT molecular complexity index is 358. The van der Waals surface area contributed by atoms with Crippen molar-refractivity contribution in [3.8, 4) is 0 Å². The summed E-state index contributed by atoms with van der Waals surface area (Å²) in [5.74, 6) is 2.10. The minimum atomic E-state index is -0.780. The van der Waals surface area contributed by atoms with Crippen LogP contribution in [0.15, 0.2) is 0 Å². The van der Waals surface area contributed by atoms with Gasteiger partial charge in [0.15, 0.2) is 0 Å². The number of urea groups is 1. The van der Waals surface area contributed by atoms with E-state index in [9.17, 15) is 14.7 Å². The molecule has 108 valence electrons. The van der Waals surface area contributed by atoms with Gasteiger partial charge in [-0.15, -0.1) is 0 Å². The summed E-state index contributed by atoms with van der Waals surface area (Å²) in [5.41, 5.74) is -0.736. The molecular formula is C13H22N2O3S. The predicted molar refractivity (Wildman–Crippen MR) is 75.4 cm³/mol. The minimum absolute atomic E-state index is 0.103. The average molecular weight is 286 g/mol. The molecule has 0 radical (unpaired) electrons. The largest absolute Gasteiger partial charge is 0.481 e. The highest BCUT2D eigenvalue weighted by molar-refractivity contribution is 7.99. The first-order valence-corrected chi connectivity index (χ1v) is 8.07. The van der Waals surface area contributed by atoms with E-state index in [1.807, 2.05) is 18.7 Å². The van der Waals surface area contributed by atoms with Crippen LogP contribution in [0.3, 0.4) is 0 Å². The van der Waals surface area contributed by atoms with Gasteiger partial charge in [0.05, 0.1) is 5.41 Å². The molecule has 2 saturated heterocycles. The van der Waals surface area contributed by atoms with Crippen LogP contribution in [0.4, 0.5) is 4.79 Å². The Balaban J connectivity index is 1.82. The van der Waals surface area contributed by atoms with Crippen molar-refractivity contribution in [3.63, 3.8) is 0 Å². The fourth-order valence-electron chi connectivity index (χ4n) is 2.75. The van der Waals surface area contributed by atoms with Gasteiger partial charge in [0.1, 0.15) is 0 Å². The number of nitrogens with zero attached hydrogens (tertiary/aromatic N) is 1. The number of rotatable bonds is 4. The van der Waals surface area contributed by atoms with Crippen molar-refractivity contribution in [2.24, 2.45) is 11.3 Å². The molecule has 2 fully saturated rings. The molecule has 2 aliphatic rings. The molecule has 19 heavy (non-hydrogen) atoms. The molecule has 0 aliphatic carbocycles. The van der Waals surface area contributed by atoms with E-state index in [4.69, 9.17) is 0 Å². The summed E-state index contributed by atoms with van der Waals surface area (Å²) < 4.78 is 0. The lowest BCUT2D eigenvalue weighted by Gasteiger charge is -2.23. The lowest BCUT2D eigenvalue weighted by Crippen LogP contribution is -2.43. The van der Waals surface area contributed by atoms with Gasteiger partial charge in [-0.2, -0.15) is 11.8 Å². The smallest absolute Gasteiger partial charge is 0.317 e. The number of carbonyl (C=O) groups excluding carboxylic acids is 1. The summed E-state index contributed by atoms with van der Waals surface area (Å²) >= 11 is 1.93. The van der Waals surface area contributed by atoms with Crippen molar-refractivity contribution >= 4 is 23.8 Å². The SMILES string of the molecule is CCC1(C(=O)O)CCN(C(=O)NCC2CCSC2)C1. The second-order valence-corrected chi connectivity index (χ2v) is 6.68. The number of hydrogen-bond donors (Lipinski definition) is 2. The van der Waals surface area contributed by atoms with Crippen LogP contribution in [0.2, 0.25) is 0 Å². The molecule has 2 rings (SSSR count). The summed E-state index contributed by atoms with van der Waals surface area (Å²) in [6.07, 6.45) is 2.30. The van der Waals surface area contributed by atoms with Crippen LogP contribution >= 0.6 is 11.8 Å². The number of carboxylic acids is 1. The Labute approximate surface area is 118 Å². The zero-order valence-corrected chi connectivity index (χ0v) is 12.2. The third kappa shape index (κ3) is 3.16. The molecule has 6 heteroatoms. The first-order valence-electron chi connectivity index (χ1n) is 6.91. The third-order valence-corrected chi connectivity index (χ3v) is 5.57. The fraction of sp³-hybridized carbons (Fsp3) is 0.846. The molecule has 0 aromatic heterocycles. The molecular weight excluding hydrogens is 264 g/mol. The highest BCUT2D eigenvalue weighted by Crippen LogP contribution is 2.34.